The summed E-state index contributed by atoms with van der Waals surface area (Å²) in [6, 6.07) is 33.9. The van der Waals surface area contributed by atoms with E-state index in [-0.39, 0.29) is 0 Å². The molecule has 5 aromatic rings. The van der Waals surface area contributed by atoms with Gasteiger partial charge >= 0.3 is 0 Å². The maximum absolute atomic E-state index is 7.37. The van der Waals surface area contributed by atoms with Gasteiger partial charge < -0.3 is 9.98 Å². The molecule has 0 atom stereocenters. The van der Waals surface area contributed by atoms with Gasteiger partial charge in [0.1, 0.15) is 0 Å². The Hall–Kier alpha value is -3.65. The second kappa shape index (κ2) is 6.26. The maximum Gasteiger partial charge on any atom is 0.0541 e. The predicted molar refractivity (Wildman–Crippen MR) is 114 cm³/mol. The van der Waals surface area contributed by atoms with Crippen molar-refractivity contribution in [3.63, 3.8) is 0 Å². The van der Waals surface area contributed by atoms with E-state index in [0.717, 1.165) is 16.8 Å². The third-order valence-corrected chi connectivity index (χ3v) is 5.10. The Kier molecular flexibility index (Phi) is 3.61. The van der Waals surface area contributed by atoms with Crippen molar-refractivity contribution >= 4 is 28.0 Å². The van der Waals surface area contributed by atoms with Gasteiger partial charge in [0.2, 0.25) is 0 Å². The van der Waals surface area contributed by atoms with Gasteiger partial charge in [-0.3, -0.25) is 0 Å². The molecule has 0 radical (unpaired) electrons. The zero-order chi connectivity index (χ0) is 18.2. The Bertz CT molecular complexity index is 1220. The van der Waals surface area contributed by atoms with E-state index >= 15 is 0 Å². The van der Waals surface area contributed by atoms with Gasteiger partial charge in [0.15, 0.2) is 0 Å². The van der Waals surface area contributed by atoms with E-state index < -0.39 is 0 Å². The normalized spacial score (nSPS) is 11.1. The molecule has 27 heavy (non-hydrogen) atoms. The van der Waals surface area contributed by atoms with E-state index in [1.807, 2.05) is 12.1 Å². The number of hydrogen-bond donors (Lipinski definition) is 1. The van der Waals surface area contributed by atoms with Crippen LogP contribution in [0.5, 0.6) is 0 Å². The molecule has 2 nitrogen and oxygen atoms in total. The number of rotatable bonds is 3. The van der Waals surface area contributed by atoms with Crippen LogP contribution in [-0.4, -0.2) is 10.8 Å². The van der Waals surface area contributed by atoms with Crippen molar-refractivity contribution in [2.45, 2.75) is 0 Å². The van der Waals surface area contributed by atoms with E-state index in [0.29, 0.717) is 0 Å². The second-order valence-corrected chi connectivity index (χ2v) is 6.69. The molecule has 0 aliphatic rings. The second-order valence-electron chi connectivity index (χ2n) is 6.69. The minimum Gasteiger partial charge on any atom is -0.309 e. The summed E-state index contributed by atoms with van der Waals surface area (Å²) in [7, 11) is 0. The van der Waals surface area contributed by atoms with Crippen molar-refractivity contribution < 1.29 is 0 Å². The Balaban J connectivity index is 1.74. The fourth-order valence-electron chi connectivity index (χ4n) is 3.80. The highest BCUT2D eigenvalue weighted by Crippen LogP contribution is 2.33. The molecule has 0 aliphatic carbocycles. The van der Waals surface area contributed by atoms with E-state index in [9.17, 15) is 0 Å². The number of aromatic nitrogens is 1. The molecule has 0 aliphatic heterocycles. The average molecular weight is 346 g/mol. The van der Waals surface area contributed by atoms with Gasteiger partial charge in [-0.05, 0) is 41.0 Å². The zero-order valence-electron chi connectivity index (χ0n) is 14.8. The van der Waals surface area contributed by atoms with E-state index in [2.05, 4.69) is 89.5 Å². The van der Waals surface area contributed by atoms with Gasteiger partial charge in [-0.2, -0.15) is 0 Å². The molecule has 1 N–H and O–H groups in total. The highest BCUT2D eigenvalue weighted by molar-refractivity contribution is 6.09. The molecule has 0 spiro atoms. The van der Waals surface area contributed by atoms with Gasteiger partial charge in [-0.1, -0.05) is 72.8 Å². The van der Waals surface area contributed by atoms with Crippen LogP contribution in [0.2, 0.25) is 0 Å². The SMILES string of the molecule is N=Cc1ccc(-c2cccc(-n3c4ccccc4c4ccccc43)c2)cc1. The summed E-state index contributed by atoms with van der Waals surface area (Å²) in [6.45, 7) is 0. The minimum absolute atomic E-state index is 0.914. The van der Waals surface area contributed by atoms with Crippen LogP contribution < -0.4 is 0 Å². The van der Waals surface area contributed by atoms with Crippen LogP contribution in [0.15, 0.2) is 97.1 Å². The number of nitrogens with one attached hydrogen (secondary N) is 1. The largest absolute Gasteiger partial charge is 0.309 e. The smallest absolute Gasteiger partial charge is 0.0541 e. The van der Waals surface area contributed by atoms with Crippen molar-refractivity contribution in [2.75, 3.05) is 0 Å². The number of hydrogen-bond acceptors (Lipinski definition) is 1. The summed E-state index contributed by atoms with van der Waals surface area (Å²) in [4.78, 5) is 0. The standard InChI is InChI=1S/C25H18N2/c26-17-18-12-14-19(15-13-18)20-6-5-7-21(16-20)27-24-10-3-1-8-22(24)23-9-2-4-11-25(23)27/h1-17,26H. The topological polar surface area (TPSA) is 28.8 Å². The summed E-state index contributed by atoms with van der Waals surface area (Å²) < 4.78 is 2.33. The Morgan fingerprint density at radius 1 is 0.593 bits per heavy atom. The Morgan fingerprint density at radius 2 is 1.22 bits per heavy atom. The fourth-order valence-corrected chi connectivity index (χ4v) is 3.80. The molecule has 0 saturated carbocycles. The first kappa shape index (κ1) is 15.6. The molecular weight excluding hydrogens is 328 g/mol. The number of para-hydroxylation sites is 2. The third kappa shape index (κ3) is 2.54. The number of nitrogens with zero attached hydrogens (tertiary/aromatic N) is 1. The number of benzene rings is 4. The predicted octanol–water partition coefficient (Wildman–Crippen LogP) is 6.45. The lowest BCUT2D eigenvalue weighted by Crippen LogP contribution is -1.94. The summed E-state index contributed by atoms with van der Waals surface area (Å²) in [5.74, 6) is 0. The van der Waals surface area contributed by atoms with Crippen LogP contribution in [0.4, 0.5) is 0 Å². The molecule has 0 bridgehead atoms. The fraction of sp³-hybridized carbons (Fsp3) is 0. The molecule has 0 amide bonds. The summed E-state index contributed by atoms with van der Waals surface area (Å²) in [5.41, 5.74) is 6.83. The molecule has 128 valence electrons. The van der Waals surface area contributed by atoms with Crippen molar-refractivity contribution in [3.8, 4) is 16.8 Å². The average Bonchev–Trinajstić information content (AvgIpc) is 3.08. The monoisotopic (exact) mass is 346 g/mol. The van der Waals surface area contributed by atoms with Gasteiger partial charge in [0, 0.05) is 22.7 Å². The van der Waals surface area contributed by atoms with Crippen molar-refractivity contribution in [1.82, 2.24) is 4.57 Å². The lowest BCUT2D eigenvalue weighted by molar-refractivity contribution is 1.18. The molecule has 0 unspecified atom stereocenters. The van der Waals surface area contributed by atoms with Crippen LogP contribution in [0.1, 0.15) is 5.56 Å². The molecule has 4 aromatic carbocycles. The molecule has 1 heterocycles. The van der Waals surface area contributed by atoms with Gasteiger partial charge in [0.25, 0.3) is 0 Å². The van der Waals surface area contributed by atoms with E-state index in [1.54, 1.807) is 0 Å². The lowest BCUT2D eigenvalue weighted by atomic mass is 10.0. The first-order valence-electron chi connectivity index (χ1n) is 9.05. The van der Waals surface area contributed by atoms with Crippen molar-refractivity contribution in [1.29, 1.82) is 5.41 Å². The first-order valence-corrected chi connectivity index (χ1v) is 9.05. The first-order chi connectivity index (χ1) is 13.3. The van der Waals surface area contributed by atoms with Crippen LogP contribution in [-0.2, 0) is 0 Å². The Labute approximate surface area is 157 Å². The van der Waals surface area contributed by atoms with Gasteiger partial charge in [-0.15, -0.1) is 0 Å². The molecular formula is C25H18N2. The summed E-state index contributed by atoms with van der Waals surface area (Å²) >= 11 is 0. The summed E-state index contributed by atoms with van der Waals surface area (Å²) in [5, 5.41) is 9.92. The van der Waals surface area contributed by atoms with E-state index in [4.69, 9.17) is 5.41 Å². The van der Waals surface area contributed by atoms with Gasteiger partial charge in [0.05, 0.1) is 11.0 Å². The molecule has 0 saturated heterocycles. The van der Waals surface area contributed by atoms with E-state index in [1.165, 1.54) is 33.6 Å². The summed E-state index contributed by atoms with van der Waals surface area (Å²) in [6.07, 6.45) is 1.37. The maximum atomic E-state index is 7.37. The molecule has 1 aromatic heterocycles. The lowest BCUT2D eigenvalue weighted by Gasteiger charge is -2.10. The van der Waals surface area contributed by atoms with Crippen LogP contribution >= 0.6 is 0 Å². The molecule has 0 fully saturated rings. The Morgan fingerprint density at radius 3 is 1.85 bits per heavy atom. The van der Waals surface area contributed by atoms with Crippen LogP contribution in [0.3, 0.4) is 0 Å². The quantitative estimate of drug-likeness (QED) is 0.364. The third-order valence-electron chi connectivity index (χ3n) is 5.10. The molecule has 2 heteroatoms. The molecule has 5 rings (SSSR count). The highest BCUT2D eigenvalue weighted by Gasteiger charge is 2.11. The van der Waals surface area contributed by atoms with Crippen LogP contribution in [0.25, 0.3) is 38.6 Å². The van der Waals surface area contributed by atoms with Crippen molar-refractivity contribution in [3.05, 3.63) is 103 Å². The minimum atomic E-state index is 0.914. The van der Waals surface area contributed by atoms with Gasteiger partial charge in [-0.25, -0.2) is 0 Å². The zero-order valence-corrected chi connectivity index (χ0v) is 14.8. The van der Waals surface area contributed by atoms with Crippen LogP contribution in [0, 0.1) is 5.41 Å². The van der Waals surface area contributed by atoms with Crippen molar-refractivity contribution in [2.24, 2.45) is 0 Å². The highest BCUT2D eigenvalue weighted by atomic mass is 15.0. The number of fused-ring (bicyclic) bond motifs is 3.